The van der Waals surface area contributed by atoms with Crippen molar-refractivity contribution in [2.45, 2.75) is 43.8 Å². The molecule has 0 bridgehead atoms. The smallest absolute Gasteiger partial charge is 0.234 e. The van der Waals surface area contributed by atoms with E-state index in [0.717, 1.165) is 6.42 Å². The van der Waals surface area contributed by atoms with E-state index in [0.29, 0.717) is 42.9 Å². The highest BCUT2D eigenvalue weighted by atomic mass is 32.2. The molecule has 1 unspecified atom stereocenters. The normalized spacial score (nSPS) is 15.8. The van der Waals surface area contributed by atoms with Gasteiger partial charge in [-0.25, -0.2) is 8.42 Å². The molecule has 136 valence electrons. The topological polar surface area (TPSA) is 91.5 Å². The molecule has 0 N–H and O–H groups in total. The molecule has 0 saturated carbocycles. The second kappa shape index (κ2) is 7.03. The number of sulfone groups is 1. The number of nitrogens with zero attached hydrogens (tertiary/aromatic N) is 2. The zero-order valence-corrected chi connectivity index (χ0v) is 15.4. The minimum atomic E-state index is -3.68. The monoisotopic (exact) mass is 366 g/mol. The number of ether oxygens (including phenoxy) is 2. The van der Waals surface area contributed by atoms with Crippen LogP contribution in [0.3, 0.4) is 0 Å². The molecule has 3 rings (SSSR count). The number of hydrogen-bond acceptors (Lipinski definition) is 7. The highest BCUT2D eigenvalue weighted by Crippen LogP contribution is 2.35. The Morgan fingerprint density at radius 2 is 1.80 bits per heavy atom. The Morgan fingerprint density at radius 1 is 1.08 bits per heavy atom. The maximum atomic E-state index is 12.9. The summed E-state index contributed by atoms with van der Waals surface area (Å²) in [6.45, 7) is 6.65. The van der Waals surface area contributed by atoms with Crippen molar-refractivity contribution in [1.82, 2.24) is 10.2 Å². The zero-order valence-electron chi connectivity index (χ0n) is 14.6. The Kier molecular flexibility index (Phi) is 4.99. The van der Waals surface area contributed by atoms with Gasteiger partial charge in [-0.2, -0.15) is 0 Å². The molecule has 2 heterocycles. The van der Waals surface area contributed by atoms with Crippen molar-refractivity contribution >= 4 is 9.84 Å². The lowest BCUT2D eigenvalue weighted by Gasteiger charge is -2.12. The molecule has 0 amide bonds. The summed E-state index contributed by atoms with van der Waals surface area (Å²) in [7, 11) is -3.68. The van der Waals surface area contributed by atoms with Gasteiger partial charge in [0.05, 0.1) is 18.1 Å². The predicted octanol–water partition coefficient (Wildman–Crippen LogP) is 2.96. The third-order valence-corrected chi connectivity index (χ3v) is 5.97. The Labute approximate surface area is 147 Å². The van der Waals surface area contributed by atoms with Gasteiger partial charge < -0.3 is 13.9 Å². The second-order valence-corrected chi connectivity index (χ2v) is 8.75. The van der Waals surface area contributed by atoms with Gasteiger partial charge in [-0.15, -0.1) is 10.2 Å². The molecule has 0 spiro atoms. The van der Waals surface area contributed by atoms with Gasteiger partial charge in [-0.3, -0.25) is 0 Å². The number of fused-ring (bicyclic) bond motifs is 1. The van der Waals surface area contributed by atoms with Crippen molar-refractivity contribution in [2.75, 3.05) is 13.2 Å². The number of benzene rings is 1. The number of aromatic nitrogens is 2. The van der Waals surface area contributed by atoms with E-state index in [4.69, 9.17) is 13.9 Å². The van der Waals surface area contributed by atoms with Gasteiger partial charge >= 0.3 is 0 Å². The quantitative estimate of drug-likeness (QED) is 0.803. The Hall–Kier alpha value is -2.09. The molecule has 8 heteroatoms. The molecule has 1 aromatic heterocycles. The molecule has 0 radical (unpaired) electrons. The van der Waals surface area contributed by atoms with Crippen LogP contribution in [0.25, 0.3) is 0 Å². The fraction of sp³-hybridized carbons (Fsp3) is 0.529. The molecule has 0 fully saturated rings. The fourth-order valence-corrected chi connectivity index (χ4v) is 3.82. The van der Waals surface area contributed by atoms with E-state index < -0.39 is 15.1 Å². The van der Waals surface area contributed by atoms with Crippen LogP contribution in [0, 0.1) is 5.92 Å². The Balaban J connectivity index is 1.88. The molecule has 7 nitrogen and oxygen atoms in total. The van der Waals surface area contributed by atoms with Crippen molar-refractivity contribution in [3.05, 3.63) is 30.0 Å². The van der Waals surface area contributed by atoms with Gasteiger partial charge in [0.1, 0.15) is 5.25 Å². The van der Waals surface area contributed by atoms with E-state index in [1.165, 1.54) is 12.1 Å². The highest BCUT2D eigenvalue weighted by molar-refractivity contribution is 7.91. The van der Waals surface area contributed by atoms with Crippen LogP contribution < -0.4 is 9.47 Å². The van der Waals surface area contributed by atoms with Crippen LogP contribution in [0.5, 0.6) is 11.5 Å². The van der Waals surface area contributed by atoms with Gasteiger partial charge in [0.2, 0.25) is 11.8 Å². The minimum absolute atomic E-state index is 0.0998. The van der Waals surface area contributed by atoms with Gasteiger partial charge in [0, 0.05) is 18.9 Å². The first-order chi connectivity index (χ1) is 11.9. The maximum Gasteiger partial charge on any atom is 0.234 e. The first-order valence-electron chi connectivity index (χ1n) is 8.33. The standard InChI is InChI=1S/C17H22N2O5S/c1-11(2)9-16-18-19-17(24-16)12(3)25(20,21)13-5-6-14-15(10-13)23-8-4-7-22-14/h5-6,10-12H,4,7-9H2,1-3H3. The highest BCUT2D eigenvalue weighted by Gasteiger charge is 2.31. The van der Waals surface area contributed by atoms with Gasteiger partial charge in [-0.05, 0) is 25.0 Å². The lowest BCUT2D eigenvalue weighted by molar-refractivity contribution is 0.297. The Morgan fingerprint density at radius 3 is 2.52 bits per heavy atom. The summed E-state index contributed by atoms with van der Waals surface area (Å²) in [5, 5.41) is 6.91. The van der Waals surface area contributed by atoms with E-state index in [-0.39, 0.29) is 10.8 Å². The van der Waals surface area contributed by atoms with Crippen LogP contribution in [-0.4, -0.2) is 31.8 Å². The van der Waals surface area contributed by atoms with Crippen LogP contribution in [0.2, 0.25) is 0 Å². The summed E-state index contributed by atoms with van der Waals surface area (Å²) >= 11 is 0. The number of rotatable bonds is 5. The average molecular weight is 366 g/mol. The summed E-state index contributed by atoms with van der Waals surface area (Å²) in [6.07, 6.45) is 1.37. The number of hydrogen-bond donors (Lipinski definition) is 0. The lowest BCUT2D eigenvalue weighted by Crippen LogP contribution is -2.11. The molecular weight excluding hydrogens is 344 g/mol. The molecule has 1 atom stereocenters. The van der Waals surface area contributed by atoms with E-state index in [1.54, 1.807) is 13.0 Å². The average Bonchev–Trinajstić information content (AvgIpc) is 2.88. The molecule has 1 aliphatic heterocycles. The second-order valence-electron chi connectivity index (χ2n) is 6.48. The van der Waals surface area contributed by atoms with Gasteiger partial charge in [0.15, 0.2) is 21.3 Å². The van der Waals surface area contributed by atoms with E-state index in [2.05, 4.69) is 10.2 Å². The zero-order chi connectivity index (χ0) is 18.0. The summed E-state index contributed by atoms with van der Waals surface area (Å²) in [5.74, 6) is 1.90. The Bertz CT molecular complexity index is 844. The third kappa shape index (κ3) is 3.78. The lowest BCUT2D eigenvalue weighted by atomic mass is 10.1. The minimum Gasteiger partial charge on any atom is -0.490 e. The SMILES string of the molecule is CC(C)Cc1nnc(C(C)S(=O)(=O)c2ccc3c(c2)OCCCO3)o1. The van der Waals surface area contributed by atoms with E-state index in [1.807, 2.05) is 13.8 Å². The largest absolute Gasteiger partial charge is 0.490 e. The van der Waals surface area contributed by atoms with Crippen molar-refractivity contribution in [3.63, 3.8) is 0 Å². The van der Waals surface area contributed by atoms with E-state index in [9.17, 15) is 8.42 Å². The van der Waals surface area contributed by atoms with Crippen LogP contribution in [0.1, 0.15) is 44.2 Å². The molecule has 1 aromatic carbocycles. The van der Waals surface area contributed by atoms with Crippen molar-refractivity contribution in [1.29, 1.82) is 0 Å². The van der Waals surface area contributed by atoms with Crippen LogP contribution in [-0.2, 0) is 16.3 Å². The van der Waals surface area contributed by atoms with Gasteiger partial charge in [0.25, 0.3) is 0 Å². The summed E-state index contributed by atoms with van der Waals surface area (Å²) in [6, 6.07) is 4.64. The molecular formula is C17H22N2O5S. The van der Waals surface area contributed by atoms with Crippen molar-refractivity contribution in [3.8, 4) is 11.5 Å². The summed E-state index contributed by atoms with van der Waals surface area (Å²) in [4.78, 5) is 0.146. The van der Waals surface area contributed by atoms with Crippen LogP contribution in [0.4, 0.5) is 0 Å². The first kappa shape index (κ1) is 17.7. The van der Waals surface area contributed by atoms with Crippen molar-refractivity contribution in [2.24, 2.45) is 5.92 Å². The van der Waals surface area contributed by atoms with Crippen LogP contribution >= 0.6 is 0 Å². The summed E-state index contributed by atoms with van der Waals surface area (Å²) in [5.41, 5.74) is 0. The first-order valence-corrected chi connectivity index (χ1v) is 9.88. The van der Waals surface area contributed by atoms with Crippen LogP contribution in [0.15, 0.2) is 27.5 Å². The molecule has 0 saturated heterocycles. The maximum absolute atomic E-state index is 12.9. The molecule has 25 heavy (non-hydrogen) atoms. The van der Waals surface area contributed by atoms with Crippen molar-refractivity contribution < 1.29 is 22.3 Å². The molecule has 1 aliphatic rings. The van der Waals surface area contributed by atoms with Gasteiger partial charge in [-0.1, -0.05) is 13.8 Å². The van der Waals surface area contributed by atoms with E-state index >= 15 is 0 Å². The molecule has 0 aliphatic carbocycles. The summed E-state index contributed by atoms with van der Waals surface area (Å²) < 4.78 is 42.5. The molecule has 2 aromatic rings. The fourth-order valence-electron chi connectivity index (χ4n) is 2.52. The third-order valence-electron chi connectivity index (χ3n) is 3.93. The predicted molar refractivity (Wildman–Crippen MR) is 90.5 cm³/mol.